The van der Waals surface area contributed by atoms with Crippen molar-refractivity contribution in [3.05, 3.63) is 64.4 Å². The molecule has 24 heavy (non-hydrogen) atoms. The highest BCUT2D eigenvalue weighted by molar-refractivity contribution is 9.10. The molecular formula is C17H14BrN3O3. The van der Waals surface area contributed by atoms with Crippen molar-refractivity contribution in [2.75, 3.05) is 7.11 Å². The van der Waals surface area contributed by atoms with Crippen LogP contribution in [0.25, 0.3) is 11.5 Å². The largest absolute Gasteiger partial charge is 0.497 e. The number of amides is 1. The molecule has 0 saturated carbocycles. The molecule has 0 aliphatic rings. The Morgan fingerprint density at radius 2 is 1.96 bits per heavy atom. The first kappa shape index (κ1) is 16.2. The first-order valence-electron chi connectivity index (χ1n) is 7.17. The van der Waals surface area contributed by atoms with Crippen molar-refractivity contribution in [1.29, 1.82) is 0 Å². The summed E-state index contributed by atoms with van der Waals surface area (Å²) in [5, 5.41) is 6.64. The molecule has 1 heterocycles. The number of halogens is 1. The van der Waals surface area contributed by atoms with Crippen molar-refractivity contribution in [2.24, 2.45) is 0 Å². The third-order valence-electron chi connectivity index (χ3n) is 3.33. The molecule has 0 saturated heterocycles. The van der Waals surface area contributed by atoms with Crippen molar-refractivity contribution in [2.45, 2.75) is 6.54 Å². The quantitative estimate of drug-likeness (QED) is 0.725. The van der Waals surface area contributed by atoms with Gasteiger partial charge in [0.25, 0.3) is 11.8 Å². The Labute approximate surface area is 147 Å². The maximum Gasteiger partial charge on any atom is 0.257 e. The second kappa shape index (κ2) is 7.27. The van der Waals surface area contributed by atoms with E-state index in [0.717, 1.165) is 15.8 Å². The molecule has 7 heteroatoms. The van der Waals surface area contributed by atoms with Crippen molar-refractivity contribution in [3.63, 3.8) is 0 Å². The fourth-order valence-corrected chi connectivity index (χ4v) is 2.54. The van der Waals surface area contributed by atoms with Crippen molar-refractivity contribution >= 4 is 21.8 Å². The van der Waals surface area contributed by atoms with Gasteiger partial charge in [0.05, 0.1) is 19.2 Å². The number of methoxy groups -OCH3 is 1. The van der Waals surface area contributed by atoms with Crippen LogP contribution in [0, 0.1) is 0 Å². The van der Waals surface area contributed by atoms with Gasteiger partial charge < -0.3 is 14.6 Å². The number of hydrogen-bond acceptors (Lipinski definition) is 5. The number of hydrogen-bond donors (Lipinski definition) is 1. The fraction of sp³-hybridized carbons (Fsp3) is 0.118. The second-order valence-electron chi connectivity index (χ2n) is 4.91. The molecule has 3 rings (SSSR count). The van der Waals surface area contributed by atoms with Crippen LogP contribution in [0.2, 0.25) is 0 Å². The number of nitrogens with zero attached hydrogens (tertiary/aromatic N) is 2. The predicted octanol–water partition coefficient (Wildman–Crippen LogP) is 3.44. The molecule has 122 valence electrons. The van der Waals surface area contributed by atoms with Gasteiger partial charge in [0.2, 0.25) is 0 Å². The zero-order valence-corrected chi connectivity index (χ0v) is 14.4. The molecule has 0 radical (unpaired) electrons. The average molecular weight is 388 g/mol. The van der Waals surface area contributed by atoms with Crippen LogP contribution in [0.1, 0.15) is 16.2 Å². The van der Waals surface area contributed by atoms with Gasteiger partial charge in [0.1, 0.15) is 5.75 Å². The molecule has 0 atom stereocenters. The van der Waals surface area contributed by atoms with Gasteiger partial charge in [-0.1, -0.05) is 17.3 Å². The highest BCUT2D eigenvalue weighted by Gasteiger charge is 2.12. The average Bonchev–Trinajstić information content (AvgIpc) is 3.09. The Morgan fingerprint density at radius 1 is 1.21 bits per heavy atom. The lowest BCUT2D eigenvalue weighted by Gasteiger charge is -2.04. The number of rotatable bonds is 5. The zero-order chi connectivity index (χ0) is 16.9. The second-order valence-corrected chi connectivity index (χ2v) is 5.76. The third kappa shape index (κ3) is 3.62. The van der Waals surface area contributed by atoms with Gasteiger partial charge in [0, 0.05) is 10.0 Å². The van der Waals surface area contributed by atoms with Crippen LogP contribution >= 0.6 is 15.9 Å². The molecule has 0 spiro atoms. The number of benzene rings is 2. The van der Waals surface area contributed by atoms with E-state index in [2.05, 4.69) is 31.4 Å². The van der Waals surface area contributed by atoms with Gasteiger partial charge in [0.15, 0.2) is 5.82 Å². The number of ether oxygens (including phenoxy) is 1. The summed E-state index contributed by atoms with van der Waals surface area (Å²) in [6.45, 7) is 0.180. The van der Waals surface area contributed by atoms with Crippen LogP contribution in [0.15, 0.2) is 57.5 Å². The fourth-order valence-electron chi connectivity index (χ4n) is 2.08. The smallest absolute Gasteiger partial charge is 0.257 e. The zero-order valence-electron chi connectivity index (χ0n) is 12.8. The standard InChI is InChI=1S/C17H14BrN3O3/c1-23-12-8-6-11(7-9-12)17-20-15(21-24-17)10-19-16(22)13-4-2-3-5-14(13)18/h2-9H,10H2,1H3,(H,19,22). The van der Waals surface area contributed by atoms with Crippen LogP contribution in [0.3, 0.4) is 0 Å². The Morgan fingerprint density at radius 3 is 2.67 bits per heavy atom. The third-order valence-corrected chi connectivity index (χ3v) is 4.02. The molecule has 2 aromatic carbocycles. The molecule has 1 N–H and O–H groups in total. The van der Waals surface area contributed by atoms with Gasteiger partial charge in [-0.05, 0) is 52.3 Å². The van der Waals surface area contributed by atoms with E-state index in [1.807, 2.05) is 36.4 Å². The maximum atomic E-state index is 12.1. The Hall–Kier alpha value is -2.67. The molecule has 0 fully saturated rings. The van der Waals surface area contributed by atoms with Gasteiger partial charge in [-0.15, -0.1) is 0 Å². The molecule has 6 nitrogen and oxygen atoms in total. The summed E-state index contributed by atoms with van der Waals surface area (Å²) in [7, 11) is 1.60. The molecule has 1 amide bonds. The number of carbonyl (C=O) groups is 1. The molecular weight excluding hydrogens is 374 g/mol. The van der Waals surface area contributed by atoms with Gasteiger partial charge in [-0.25, -0.2) is 0 Å². The van der Waals surface area contributed by atoms with Gasteiger partial charge in [-0.3, -0.25) is 4.79 Å². The van der Waals surface area contributed by atoms with Crippen molar-refractivity contribution < 1.29 is 14.1 Å². The van der Waals surface area contributed by atoms with Crippen molar-refractivity contribution in [3.8, 4) is 17.2 Å². The SMILES string of the molecule is COc1ccc(-c2nc(CNC(=O)c3ccccc3Br)no2)cc1. The Bertz CT molecular complexity index is 846. The number of nitrogens with one attached hydrogen (secondary N) is 1. The summed E-state index contributed by atoms with van der Waals surface area (Å²) < 4.78 is 11.1. The molecule has 0 unspecified atom stereocenters. The van der Waals surface area contributed by atoms with E-state index in [1.165, 1.54) is 0 Å². The molecule has 0 bridgehead atoms. The highest BCUT2D eigenvalue weighted by atomic mass is 79.9. The summed E-state index contributed by atoms with van der Waals surface area (Å²) in [6, 6.07) is 14.5. The first-order valence-corrected chi connectivity index (χ1v) is 7.96. The topological polar surface area (TPSA) is 77.2 Å². The molecule has 3 aromatic rings. The first-order chi connectivity index (χ1) is 11.7. The molecule has 1 aromatic heterocycles. The Balaban J connectivity index is 1.66. The Kier molecular flexibility index (Phi) is 4.90. The van der Waals surface area contributed by atoms with E-state index in [4.69, 9.17) is 9.26 Å². The van der Waals surface area contributed by atoms with Gasteiger partial charge in [-0.2, -0.15) is 4.98 Å². The molecule has 0 aliphatic carbocycles. The molecule has 0 aliphatic heterocycles. The number of carbonyl (C=O) groups excluding carboxylic acids is 1. The van der Waals surface area contributed by atoms with E-state index in [1.54, 1.807) is 19.2 Å². The maximum absolute atomic E-state index is 12.1. The van der Waals surface area contributed by atoms with E-state index in [-0.39, 0.29) is 12.5 Å². The van der Waals surface area contributed by atoms with Crippen LogP contribution in [0.4, 0.5) is 0 Å². The monoisotopic (exact) mass is 387 g/mol. The van der Waals surface area contributed by atoms with Crippen LogP contribution in [-0.2, 0) is 6.54 Å². The van der Waals surface area contributed by atoms with E-state index in [9.17, 15) is 4.79 Å². The minimum Gasteiger partial charge on any atom is -0.497 e. The summed E-state index contributed by atoms with van der Waals surface area (Å²) >= 11 is 3.35. The summed E-state index contributed by atoms with van der Waals surface area (Å²) in [6.07, 6.45) is 0. The summed E-state index contributed by atoms with van der Waals surface area (Å²) in [4.78, 5) is 16.4. The van der Waals surface area contributed by atoms with Gasteiger partial charge >= 0.3 is 0 Å². The minimum atomic E-state index is -0.210. The van der Waals surface area contributed by atoms with Crippen LogP contribution in [0.5, 0.6) is 5.75 Å². The van der Waals surface area contributed by atoms with Crippen LogP contribution < -0.4 is 10.1 Å². The van der Waals surface area contributed by atoms with E-state index < -0.39 is 0 Å². The summed E-state index contributed by atoms with van der Waals surface area (Å²) in [5.74, 6) is 1.33. The lowest BCUT2D eigenvalue weighted by Crippen LogP contribution is -2.23. The number of aromatic nitrogens is 2. The summed E-state index contributed by atoms with van der Waals surface area (Å²) in [5.41, 5.74) is 1.34. The van der Waals surface area contributed by atoms with Crippen molar-refractivity contribution in [1.82, 2.24) is 15.5 Å². The van der Waals surface area contributed by atoms with E-state index >= 15 is 0 Å². The lowest BCUT2D eigenvalue weighted by molar-refractivity contribution is 0.0949. The van der Waals surface area contributed by atoms with E-state index in [0.29, 0.717) is 17.3 Å². The lowest BCUT2D eigenvalue weighted by atomic mass is 10.2. The predicted molar refractivity (Wildman–Crippen MR) is 91.6 cm³/mol. The minimum absolute atomic E-state index is 0.180. The van der Waals surface area contributed by atoms with Crippen LogP contribution in [-0.4, -0.2) is 23.2 Å². The highest BCUT2D eigenvalue weighted by Crippen LogP contribution is 2.20. The normalized spacial score (nSPS) is 10.4.